The molecule has 0 saturated heterocycles. The molecule has 0 saturated carbocycles. The predicted octanol–water partition coefficient (Wildman–Crippen LogP) is 1.72. The van der Waals surface area contributed by atoms with Crippen LogP contribution in [0.5, 0.6) is 5.75 Å². The lowest BCUT2D eigenvalue weighted by atomic mass is 10.2. The van der Waals surface area contributed by atoms with Crippen LogP contribution in [-0.4, -0.2) is 44.0 Å². The first-order valence-corrected chi connectivity index (χ1v) is 6.36. The van der Waals surface area contributed by atoms with Crippen molar-refractivity contribution >= 4 is 23.4 Å². The Morgan fingerprint density at radius 2 is 2.15 bits per heavy atom. The van der Waals surface area contributed by atoms with Crippen molar-refractivity contribution in [1.82, 2.24) is 10.2 Å². The number of hydrogen-bond acceptors (Lipinski definition) is 3. The van der Waals surface area contributed by atoms with Crippen molar-refractivity contribution < 1.29 is 14.3 Å². The monoisotopic (exact) mass is 296 g/mol. The van der Waals surface area contributed by atoms with Gasteiger partial charge >= 0.3 is 0 Å². The van der Waals surface area contributed by atoms with Crippen LogP contribution in [0.15, 0.2) is 30.9 Å². The fourth-order valence-corrected chi connectivity index (χ4v) is 1.77. The Morgan fingerprint density at radius 3 is 2.75 bits per heavy atom. The second-order valence-corrected chi connectivity index (χ2v) is 4.54. The molecule has 0 aliphatic heterocycles. The highest BCUT2D eigenvalue weighted by Gasteiger charge is 2.13. The van der Waals surface area contributed by atoms with Crippen molar-refractivity contribution in [1.29, 1.82) is 0 Å². The van der Waals surface area contributed by atoms with Crippen LogP contribution in [0.4, 0.5) is 0 Å². The summed E-state index contributed by atoms with van der Waals surface area (Å²) in [5.41, 5.74) is 0.437. The summed E-state index contributed by atoms with van der Waals surface area (Å²) in [6.07, 6.45) is 1.18. The number of nitrogens with zero attached hydrogens (tertiary/aromatic N) is 1. The van der Waals surface area contributed by atoms with E-state index in [4.69, 9.17) is 16.3 Å². The van der Waals surface area contributed by atoms with Gasteiger partial charge in [0.25, 0.3) is 5.91 Å². The molecule has 0 unspecified atom stereocenters. The van der Waals surface area contributed by atoms with Gasteiger partial charge < -0.3 is 15.0 Å². The zero-order chi connectivity index (χ0) is 15.1. The topological polar surface area (TPSA) is 58.6 Å². The van der Waals surface area contributed by atoms with Crippen LogP contribution in [0.25, 0.3) is 0 Å². The molecule has 0 radical (unpaired) electrons. The highest BCUT2D eigenvalue weighted by atomic mass is 35.5. The van der Waals surface area contributed by atoms with Crippen molar-refractivity contribution in [3.05, 3.63) is 41.4 Å². The van der Waals surface area contributed by atoms with Crippen LogP contribution < -0.4 is 10.1 Å². The summed E-state index contributed by atoms with van der Waals surface area (Å²) in [6, 6.07) is 4.82. The predicted molar refractivity (Wildman–Crippen MR) is 78.2 cm³/mol. The van der Waals surface area contributed by atoms with Crippen LogP contribution in [0, 0.1) is 0 Å². The molecule has 0 bridgehead atoms. The fourth-order valence-electron chi connectivity index (χ4n) is 1.54. The lowest BCUT2D eigenvalue weighted by Crippen LogP contribution is -2.35. The Balaban J connectivity index is 2.66. The first-order chi connectivity index (χ1) is 9.47. The van der Waals surface area contributed by atoms with E-state index >= 15 is 0 Å². The molecule has 0 fully saturated rings. The van der Waals surface area contributed by atoms with Crippen molar-refractivity contribution in [3.63, 3.8) is 0 Å². The van der Waals surface area contributed by atoms with Crippen molar-refractivity contribution in [2.75, 3.05) is 27.2 Å². The summed E-state index contributed by atoms with van der Waals surface area (Å²) in [6.45, 7) is 4.08. The van der Waals surface area contributed by atoms with E-state index in [0.29, 0.717) is 29.4 Å². The average Bonchev–Trinajstić information content (AvgIpc) is 2.45. The standard InChI is InChI=1S/C14H17ClN2O3/c1-4-13(18)16-5-6-17(2)14(19)10-7-11(15)9-12(8-10)20-3/h4,7-9H,1,5-6H2,2-3H3,(H,16,18). The van der Waals surface area contributed by atoms with E-state index in [9.17, 15) is 9.59 Å². The number of nitrogens with one attached hydrogen (secondary N) is 1. The second-order valence-electron chi connectivity index (χ2n) is 4.10. The van der Waals surface area contributed by atoms with E-state index in [1.165, 1.54) is 18.1 Å². The van der Waals surface area contributed by atoms with Gasteiger partial charge in [0.1, 0.15) is 5.75 Å². The molecule has 0 atom stereocenters. The Hall–Kier alpha value is -2.01. The van der Waals surface area contributed by atoms with E-state index in [1.807, 2.05) is 0 Å². The molecule has 0 heterocycles. The molecule has 1 rings (SSSR count). The van der Waals surface area contributed by atoms with Crippen molar-refractivity contribution in [2.24, 2.45) is 0 Å². The zero-order valence-electron chi connectivity index (χ0n) is 11.5. The quantitative estimate of drug-likeness (QED) is 0.813. The Bertz CT molecular complexity index is 517. The molecule has 0 spiro atoms. The summed E-state index contributed by atoms with van der Waals surface area (Å²) in [5, 5.41) is 3.03. The first-order valence-electron chi connectivity index (χ1n) is 5.98. The van der Waals surface area contributed by atoms with Crippen LogP contribution in [-0.2, 0) is 4.79 Å². The second kappa shape index (κ2) is 7.55. The molecule has 1 N–H and O–H groups in total. The van der Waals surface area contributed by atoms with Crippen LogP contribution >= 0.6 is 11.6 Å². The zero-order valence-corrected chi connectivity index (χ0v) is 12.2. The molecule has 2 amide bonds. The minimum absolute atomic E-state index is 0.196. The average molecular weight is 297 g/mol. The Morgan fingerprint density at radius 1 is 1.45 bits per heavy atom. The third-order valence-electron chi connectivity index (χ3n) is 2.63. The Labute approximate surface area is 123 Å². The largest absolute Gasteiger partial charge is 0.497 e. The van der Waals surface area contributed by atoms with Gasteiger partial charge in [-0.3, -0.25) is 9.59 Å². The molecule has 108 valence electrons. The van der Waals surface area contributed by atoms with Crippen LogP contribution in [0.3, 0.4) is 0 Å². The first kappa shape index (κ1) is 16.0. The van der Waals surface area contributed by atoms with Gasteiger partial charge in [0.05, 0.1) is 7.11 Å². The van der Waals surface area contributed by atoms with Gasteiger partial charge in [-0.1, -0.05) is 18.2 Å². The number of amides is 2. The minimum atomic E-state index is -0.268. The summed E-state index contributed by atoms with van der Waals surface area (Å²) >= 11 is 5.92. The molecular weight excluding hydrogens is 280 g/mol. The SMILES string of the molecule is C=CC(=O)NCCN(C)C(=O)c1cc(Cl)cc(OC)c1. The van der Waals surface area contributed by atoms with Crippen molar-refractivity contribution in [2.45, 2.75) is 0 Å². The Kier molecular flexibility index (Phi) is 6.06. The van der Waals surface area contributed by atoms with Crippen LogP contribution in [0.1, 0.15) is 10.4 Å². The van der Waals surface area contributed by atoms with Gasteiger partial charge in [0, 0.05) is 30.7 Å². The van der Waals surface area contributed by atoms with E-state index in [0.717, 1.165) is 0 Å². The van der Waals surface area contributed by atoms with Gasteiger partial charge in [-0.05, 0) is 24.3 Å². The third-order valence-corrected chi connectivity index (χ3v) is 2.85. The van der Waals surface area contributed by atoms with E-state index in [1.54, 1.807) is 25.2 Å². The summed E-state index contributed by atoms with van der Waals surface area (Å²) in [5.74, 6) is 0.0585. The molecule has 5 nitrogen and oxygen atoms in total. The number of ether oxygens (including phenoxy) is 1. The van der Waals surface area contributed by atoms with E-state index in [2.05, 4.69) is 11.9 Å². The fraction of sp³-hybridized carbons (Fsp3) is 0.286. The summed E-state index contributed by atoms with van der Waals surface area (Å²) in [7, 11) is 3.16. The normalized spacial score (nSPS) is 9.75. The molecule has 1 aromatic rings. The maximum Gasteiger partial charge on any atom is 0.253 e. The molecule has 6 heteroatoms. The van der Waals surface area contributed by atoms with Gasteiger partial charge in [-0.2, -0.15) is 0 Å². The van der Waals surface area contributed by atoms with Crippen LogP contribution in [0.2, 0.25) is 5.02 Å². The number of benzene rings is 1. The summed E-state index contributed by atoms with van der Waals surface area (Å²) in [4.78, 5) is 24.7. The number of methoxy groups -OCH3 is 1. The van der Waals surface area contributed by atoms with E-state index < -0.39 is 0 Å². The van der Waals surface area contributed by atoms with E-state index in [-0.39, 0.29) is 11.8 Å². The molecule has 20 heavy (non-hydrogen) atoms. The lowest BCUT2D eigenvalue weighted by Gasteiger charge is -2.17. The number of rotatable bonds is 6. The highest BCUT2D eigenvalue weighted by molar-refractivity contribution is 6.31. The maximum atomic E-state index is 12.2. The molecule has 0 aromatic heterocycles. The number of likely N-dealkylation sites (N-methyl/N-ethyl adjacent to an activating group) is 1. The van der Waals surface area contributed by atoms with Crippen molar-refractivity contribution in [3.8, 4) is 5.75 Å². The molecule has 0 aliphatic rings. The smallest absolute Gasteiger partial charge is 0.253 e. The number of carbonyl (C=O) groups is 2. The summed E-state index contributed by atoms with van der Waals surface area (Å²) < 4.78 is 5.07. The number of hydrogen-bond donors (Lipinski definition) is 1. The third kappa shape index (κ3) is 4.59. The minimum Gasteiger partial charge on any atom is -0.497 e. The number of carbonyl (C=O) groups excluding carboxylic acids is 2. The molecular formula is C14H17ClN2O3. The molecule has 0 aliphatic carbocycles. The van der Waals surface area contributed by atoms with Gasteiger partial charge in [0.15, 0.2) is 0 Å². The van der Waals surface area contributed by atoms with Gasteiger partial charge in [-0.15, -0.1) is 0 Å². The maximum absolute atomic E-state index is 12.2. The highest BCUT2D eigenvalue weighted by Crippen LogP contribution is 2.21. The number of halogens is 1. The van der Waals surface area contributed by atoms with Gasteiger partial charge in [-0.25, -0.2) is 0 Å². The van der Waals surface area contributed by atoms with Gasteiger partial charge in [0.2, 0.25) is 5.91 Å². The molecule has 1 aromatic carbocycles. The lowest BCUT2D eigenvalue weighted by molar-refractivity contribution is -0.116.